The average molecular weight is 651 g/mol. The summed E-state index contributed by atoms with van der Waals surface area (Å²) in [6, 6.07) is 1.94. The lowest BCUT2D eigenvalue weighted by Gasteiger charge is -2.29. The van der Waals surface area contributed by atoms with Crippen LogP contribution in [0.1, 0.15) is 108 Å². The molecule has 0 N–H and O–H groups in total. The van der Waals surface area contributed by atoms with Crippen LogP contribution in [0.3, 0.4) is 0 Å². The molecule has 2 saturated heterocycles. The van der Waals surface area contributed by atoms with Crippen molar-refractivity contribution in [1.82, 2.24) is 18.8 Å². The lowest BCUT2D eigenvalue weighted by Crippen LogP contribution is -2.45. The zero-order valence-electron chi connectivity index (χ0n) is 27.4. The Balaban J connectivity index is 0.000000201. The number of ketones is 1. The summed E-state index contributed by atoms with van der Waals surface area (Å²) in [5.74, 6) is -0.812. The summed E-state index contributed by atoms with van der Waals surface area (Å²) >= 11 is 5.68. The largest absolute Gasteiger partial charge is 0.443 e. The Morgan fingerprint density at radius 3 is 1.98 bits per heavy atom. The van der Waals surface area contributed by atoms with Gasteiger partial charge in [0.25, 0.3) is 5.91 Å². The second-order valence-electron chi connectivity index (χ2n) is 13.6. The van der Waals surface area contributed by atoms with Gasteiger partial charge in [-0.05, 0) is 91.5 Å². The van der Waals surface area contributed by atoms with Crippen molar-refractivity contribution < 1.29 is 38.2 Å². The molecular formula is C32H47ClN4O8. The first-order chi connectivity index (χ1) is 21.0. The van der Waals surface area contributed by atoms with Crippen molar-refractivity contribution in [2.24, 2.45) is 0 Å². The van der Waals surface area contributed by atoms with E-state index in [0.717, 1.165) is 68.5 Å². The van der Waals surface area contributed by atoms with Crippen molar-refractivity contribution in [3.05, 3.63) is 23.0 Å². The number of amides is 4. The van der Waals surface area contributed by atoms with Gasteiger partial charge < -0.3 is 18.8 Å². The molecule has 4 amide bonds. The highest BCUT2D eigenvalue weighted by Crippen LogP contribution is 2.28. The van der Waals surface area contributed by atoms with Crippen molar-refractivity contribution in [2.45, 2.75) is 123 Å². The summed E-state index contributed by atoms with van der Waals surface area (Å²) in [4.78, 5) is 71.0. The maximum Gasteiger partial charge on any atom is 0.417 e. The molecule has 0 saturated carbocycles. The highest BCUT2D eigenvalue weighted by atomic mass is 35.5. The summed E-state index contributed by atoms with van der Waals surface area (Å²) in [5, 5.41) is 0. The summed E-state index contributed by atoms with van der Waals surface area (Å²) in [5.41, 5.74) is 1.79. The molecule has 0 aromatic carbocycles. The van der Waals surface area contributed by atoms with Gasteiger partial charge in [0.2, 0.25) is 5.91 Å². The molecule has 0 bridgehead atoms. The Kier molecular flexibility index (Phi) is 12.4. The van der Waals surface area contributed by atoms with E-state index in [9.17, 15) is 28.8 Å². The van der Waals surface area contributed by atoms with Gasteiger partial charge in [0, 0.05) is 50.4 Å². The number of likely N-dealkylation sites (tertiary alicyclic amines) is 1. The van der Waals surface area contributed by atoms with Gasteiger partial charge in [-0.15, -0.1) is 0 Å². The van der Waals surface area contributed by atoms with Gasteiger partial charge in [0.05, 0.1) is 18.0 Å². The highest BCUT2D eigenvalue weighted by Gasteiger charge is 2.35. The van der Waals surface area contributed by atoms with Crippen LogP contribution in [0, 0.1) is 0 Å². The molecule has 45 heavy (non-hydrogen) atoms. The first-order valence-electron chi connectivity index (χ1n) is 15.7. The molecule has 1 aromatic heterocycles. The molecule has 5 heterocycles. The quantitative estimate of drug-likeness (QED) is 0.232. The lowest BCUT2D eigenvalue weighted by atomic mass is 10.1. The molecule has 4 aliphatic rings. The Hall–Kier alpha value is -3.25. The van der Waals surface area contributed by atoms with Crippen LogP contribution in [0.5, 0.6) is 0 Å². The molecule has 0 spiro atoms. The maximum absolute atomic E-state index is 12.6. The minimum Gasteiger partial charge on any atom is -0.443 e. The predicted octanol–water partition coefficient (Wildman–Crippen LogP) is 5.06. The number of rotatable bonds is 1. The Morgan fingerprint density at radius 2 is 1.42 bits per heavy atom. The van der Waals surface area contributed by atoms with Crippen molar-refractivity contribution in [3.8, 4) is 0 Å². The molecule has 2 fully saturated rings. The van der Waals surface area contributed by atoms with E-state index in [0.29, 0.717) is 12.1 Å². The highest BCUT2D eigenvalue weighted by molar-refractivity contribution is 6.14. The fourth-order valence-corrected chi connectivity index (χ4v) is 5.66. The van der Waals surface area contributed by atoms with Crippen LogP contribution >= 0.6 is 11.8 Å². The number of carbonyl (C=O) groups is 6. The topological polar surface area (TPSA) is 136 Å². The Morgan fingerprint density at radius 1 is 0.822 bits per heavy atom. The summed E-state index contributed by atoms with van der Waals surface area (Å²) in [6.07, 6.45) is 7.00. The SMILES string of the molecule is CC(C)(C)OC(=O)N1CCC(=O)CC1=O.CC(C)(C)OC(=O)N1CCc2c(cc3n2CCCC3)C1=O.O=CC1CCCCN1Cl. The standard InChI is InChI=1S/C16H22N2O3.C10H15NO4.C6H10ClNO/c1-16(2,3)21-15(20)18-9-7-13-12(14(18)19)10-11-6-4-5-8-17(11)13;1-10(2,3)15-9(14)11-5-4-7(12)6-8(11)13;7-8-4-2-1-3-6(8)5-9/h10H,4-9H2,1-3H3;4-6H2,1-3H3;5-6H,1-4H2. The van der Waals surface area contributed by atoms with E-state index < -0.39 is 29.3 Å². The average Bonchev–Trinajstić information content (AvgIpc) is 3.32. The number of Topliss-reactive ketones (excluding diaryl/α,β-unsaturated/α-hetero) is 1. The second-order valence-corrected chi connectivity index (χ2v) is 14.0. The van der Waals surface area contributed by atoms with E-state index in [1.165, 1.54) is 17.0 Å². The summed E-state index contributed by atoms with van der Waals surface area (Å²) in [7, 11) is 0. The molecule has 13 heteroatoms. The Labute approximate surface area is 270 Å². The third-order valence-electron chi connectivity index (χ3n) is 7.54. The molecule has 0 aliphatic carbocycles. The molecule has 0 radical (unpaired) electrons. The molecule has 4 aliphatic heterocycles. The van der Waals surface area contributed by atoms with E-state index in [1.807, 2.05) is 26.8 Å². The normalized spacial score (nSPS) is 20.5. The minimum atomic E-state index is -0.667. The first kappa shape index (κ1) is 36.2. The van der Waals surface area contributed by atoms with Gasteiger partial charge >= 0.3 is 12.2 Å². The van der Waals surface area contributed by atoms with Crippen LogP contribution in [-0.4, -0.2) is 91.7 Å². The predicted molar refractivity (Wildman–Crippen MR) is 167 cm³/mol. The van der Waals surface area contributed by atoms with E-state index in [-0.39, 0.29) is 37.1 Å². The van der Waals surface area contributed by atoms with Crippen molar-refractivity contribution in [1.29, 1.82) is 0 Å². The number of hydrogen-bond donors (Lipinski definition) is 0. The van der Waals surface area contributed by atoms with Gasteiger partial charge in [-0.1, -0.05) is 6.42 Å². The fraction of sp³-hybridized carbons (Fsp3) is 0.688. The number of carbonyl (C=O) groups excluding carboxylic acids is 6. The van der Waals surface area contributed by atoms with E-state index in [2.05, 4.69) is 4.57 Å². The number of piperidine rings is 2. The van der Waals surface area contributed by atoms with Gasteiger partial charge in [-0.25, -0.2) is 23.8 Å². The van der Waals surface area contributed by atoms with Crippen LogP contribution in [-0.2, 0) is 43.2 Å². The number of aldehydes is 1. The summed E-state index contributed by atoms with van der Waals surface area (Å²) < 4.78 is 14.2. The Bertz CT molecular complexity index is 1280. The monoisotopic (exact) mass is 650 g/mol. The number of aromatic nitrogens is 1. The van der Waals surface area contributed by atoms with Crippen molar-refractivity contribution in [3.63, 3.8) is 0 Å². The molecular weight excluding hydrogens is 604 g/mol. The zero-order valence-corrected chi connectivity index (χ0v) is 28.1. The van der Waals surface area contributed by atoms with Gasteiger partial charge in [0.1, 0.15) is 23.3 Å². The smallest absolute Gasteiger partial charge is 0.417 e. The number of fused-ring (bicyclic) bond motifs is 3. The third-order valence-corrected chi connectivity index (χ3v) is 7.96. The molecule has 250 valence electrons. The van der Waals surface area contributed by atoms with Crippen LogP contribution in [0.2, 0.25) is 0 Å². The molecule has 1 atom stereocenters. The third kappa shape index (κ3) is 10.4. The van der Waals surface area contributed by atoms with E-state index in [1.54, 1.807) is 25.2 Å². The van der Waals surface area contributed by atoms with Crippen molar-refractivity contribution >= 4 is 47.8 Å². The number of nitrogens with zero attached hydrogens (tertiary/aromatic N) is 4. The molecule has 12 nitrogen and oxygen atoms in total. The molecule has 1 unspecified atom stereocenters. The summed E-state index contributed by atoms with van der Waals surface area (Å²) in [6.45, 7) is 13.0. The van der Waals surface area contributed by atoms with Crippen LogP contribution in [0.15, 0.2) is 6.07 Å². The van der Waals surface area contributed by atoms with Gasteiger partial charge in [-0.2, -0.15) is 0 Å². The number of imide groups is 2. The van der Waals surface area contributed by atoms with Crippen LogP contribution in [0.25, 0.3) is 0 Å². The number of ether oxygens (including phenoxy) is 2. The van der Waals surface area contributed by atoms with Crippen molar-refractivity contribution in [2.75, 3.05) is 19.6 Å². The molecule has 5 rings (SSSR count). The number of aryl methyl sites for hydroxylation is 1. The van der Waals surface area contributed by atoms with E-state index in [4.69, 9.17) is 21.3 Å². The minimum absolute atomic E-state index is 0.0274. The van der Waals surface area contributed by atoms with Gasteiger partial charge in [0.15, 0.2) is 0 Å². The first-order valence-corrected chi connectivity index (χ1v) is 16.0. The second kappa shape index (κ2) is 15.4. The maximum atomic E-state index is 12.6. The number of halogens is 1. The van der Waals surface area contributed by atoms with Gasteiger partial charge in [-0.3, -0.25) is 14.4 Å². The lowest BCUT2D eigenvalue weighted by molar-refractivity contribution is -0.138. The number of hydrogen-bond acceptors (Lipinski definition) is 9. The zero-order chi connectivity index (χ0) is 33.5. The van der Waals surface area contributed by atoms with Crippen LogP contribution in [0.4, 0.5) is 9.59 Å². The molecule has 1 aromatic rings. The van der Waals surface area contributed by atoms with E-state index >= 15 is 0 Å². The fourth-order valence-electron chi connectivity index (χ4n) is 5.40. The van der Waals surface area contributed by atoms with Crippen LogP contribution < -0.4 is 0 Å².